The number of nitriles is 1. The van der Waals surface area contributed by atoms with E-state index in [0.29, 0.717) is 17.8 Å². The van der Waals surface area contributed by atoms with Crippen molar-refractivity contribution in [1.82, 2.24) is 9.78 Å². The molecule has 0 saturated carbocycles. The van der Waals surface area contributed by atoms with E-state index in [1.807, 2.05) is 6.92 Å². The van der Waals surface area contributed by atoms with Gasteiger partial charge >= 0.3 is 0 Å². The van der Waals surface area contributed by atoms with Crippen molar-refractivity contribution in [3.05, 3.63) is 70.9 Å². The minimum absolute atomic E-state index is 0.119. The lowest BCUT2D eigenvalue weighted by atomic mass is 10.2. The fourth-order valence-corrected chi connectivity index (χ4v) is 2.52. The van der Waals surface area contributed by atoms with Crippen LogP contribution in [0, 0.1) is 34.6 Å². The van der Waals surface area contributed by atoms with Gasteiger partial charge in [-0.2, -0.15) is 19.1 Å². The summed E-state index contributed by atoms with van der Waals surface area (Å²) < 4.78 is 62.5. The Morgan fingerprint density at radius 1 is 1.04 bits per heavy atom. The molecule has 0 fully saturated rings. The molecule has 0 aliphatic carbocycles. The van der Waals surface area contributed by atoms with Gasteiger partial charge in [-0.25, -0.2) is 13.5 Å². The molecule has 0 amide bonds. The Balaban J connectivity index is 2.13. The molecule has 1 heterocycles. The molecule has 3 rings (SSSR count). The molecule has 0 aliphatic heterocycles. The van der Waals surface area contributed by atoms with E-state index in [0.717, 1.165) is 12.5 Å². The second-order valence-electron chi connectivity index (χ2n) is 5.65. The highest BCUT2D eigenvalue weighted by atomic mass is 19.2. The second-order valence-corrected chi connectivity index (χ2v) is 5.65. The van der Waals surface area contributed by atoms with Gasteiger partial charge in [0.1, 0.15) is 11.6 Å². The molecule has 0 bridgehead atoms. The number of nitrogens with zero attached hydrogens (tertiary/aromatic N) is 3. The largest absolute Gasteiger partial charge is 0.432 e. The van der Waals surface area contributed by atoms with E-state index < -0.39 is 34.6 Å². The summed E-state index contributed by atoms with van der Waals surface area (Å²) in [5.74, 6) is -8.60. The maximum atomic E-state index is 14.2. The molecule has 2 aromatic carbocycles. The lowest BCUT2D eigenvalue weighted by molar-refractivity contribution is 0.351. The first kappa shape index (κ1) is 18.5. The number of ether oxygens (including phenoxy) is 1. The van der Waals surface area contributed by atoms with Crippen LogP contribution in [0.4, 0.5) is 17.6 Å². The van der Waals surface area contributed by atoms with Gasteiger partial charge in [0.15, 0.2) is 11.6 Å². The maximum Gasteiger partial charge on any atom is 0.223 e. The number of aromatic nitrogens is 2. The van der Waals surface area contributed by atoms with Crippen LogP contribution in [0.25, 0.3) is 5.69 Å². The van der Waals surface area contributed by atoms with Crippen molar-refractivity contribution < 1.29 is 22.3 Å². The summed E-state index contributed by atoms with van der Waals surface area (Å²) in [5, 5.41) is 13.0. The molecule has 0 spiro atoms. The lowest BCUT2D eigenvalue weighted by Crippen LogP contribution is -2.06. The smallest absolute Gasteiger partial charge is 0.223 e. The SMILES string of the molecule is CCCc1cc(Oc2c(F)c(F)c(C#N)c(F)c2F)n(-c2ccccc2)n1. The molecular weight excluding hydrogens is 362 g/mol. The Morgan fingerprint density at radius 2 is 1.67 bits per heavy atom. The zero-order valence-electron chi connectivity index (χ0n) is 14.1. The van der Waals surface area contributed by atoms with Gasteiger partial charge in [0, 0.05) is 6.07 Å². The fraction of sp³-hybridized carbons (Fsp3) is 0.158. The molecule has 0 aliphatic rings. The van der Waals surface area contributed by atoms with Crippen LogP contribution in [-0.2, 0) is 6.42 Å². The molecule has 138 valence electrons. The van der Waals surface area contributed by atoms with Crippen molar-refractivity contribution in [3.63, 3.8) is 0 Å². The minimum Gasteiger partial charge on any atom is -0.432 e. The third-order valence-corrected chi connectivity index (χ3v) is 3.78. The lowest BCUT2D eigenvalue weighted by Gasteiger charge is -2.11. The van der Waals surface area contributed by atoms with Crippen LogP contribution in [0.15, 0.2) is 36.4 Å². The first-order valence-corrected chi connectivity index (χ1v) is 8.06. The average molecular weight is 375 g/mol. The fourth-order valence-electron chi connectivity index (χ4n) is 2.52. The summed E-state index contributed by atoms with van der Waals surface area (Å²) in [5.41, 5.74) is -0.238. The molecule has 4 nitrogen and oxygen atoms in total. The average Bonchev–Trinajstić information content (AvgIpc) is 3.08. The van der Waals surface area contributed by atoms with Crippen molar-refractivity contribution in [1.29, 1.82) is 5.26 Å². The molecule has 3 aromatic rings. The number of hydrogen-bond donors (Lipinski definition) is 0. The van der Waals surface area contributed by atoms with Crippen molar-refractivity contribution >= 4 is 0 Å². The van der Waals surface area contributed by atoms with Gasteiger partial charge in [0.2, 0.25) is 23.3 Å². The van der Waals surface area contributed by atoms with Gasteiger partial charge in [0.05, 0.1) is 11.4 Å². The van der Waals surface area contributed by atoms with Crippen molar-refractivity contribution in [2.24, 2.45) is 0 Å². The number of rotatable bonds is 5. The van der Waals surface area contributed by atoms with E-state index in [2.05, 4.69) is 5.10 Å². The summed E-state index contributed by atoms with van der Waals surface area (Å²) in [6, 6.07) is 11.1. The van der Waals surface area contributed by atoms with Crippen LogP contribution >= 0.6 is 0 Å². The number of hydrogen-bond acceptors (Lipinski definition) is 3. The highest BCUT2D eigenvalue weighted by Crippen LogP contribution is 2.34. The summed E-state index contributed by atoms with van der Waals surface area (Å²) in [6.07, 6.45) is 1.32. The minimum atomic E-state index is -1.81. The molecule has 0 unspecified atom stereocenters. The highest BCUT2D eigenvalue weighted by Gasteiger charge is 2.28. The van der Waals surface area contributed by atoms with Crippen LogP contribution in [-0.4, -0.2) is 9.78 Å². The normalized spacial score (nSPS) is 10.7. The first-order chi connectivity index (χ1) is 13.0. The zero-order valence-corrected chi connectivity index (χ0v) is 14.1. The standard InChI is InChI=1S/C19H13F4N3O/c1-2-6-11-9-14(26(25-11)12-7-4-3-5-8-12)27-19-17(22)15(20)13(10-24)16(21)18(19)23/h3-5,7-9H,2,6H2,1H3. The summed E-state index contributed by atoms with van der Waals surface area (Å²) in [7, 11) is 0. The van der Waals surface area contributed by atoms with Crippen molar-refractivity contribution in [3.8, 4) is 23.4 Å². The number of para-hydroxylation sites is 1. The van der Waals surface area contributed by atoms with Crippen LogP contribution in [0.1, 0.15) is 24.6 Å². The predicted octanol–water partition coefficient (Wildman–Crippen LogP) is 5.05. The van der Waals surface area contributed by atoms with Gasteiger partial charge in [0.25, 0.3) is 0 Å². The Bertz CT molecular complexity index is 997. The van der Waals surface area contributed by atoms with Gasteiger partial charge in [-0.1, -0.05) is 31.5 Å². The van der Waals surface area contributed by atoms with Gasteiger partial charge in [-0.15, -0.1) is 0 Å². The van der Waals surface area contributed by atoms with E-state index in [9.17, 15) is 17.6 Å². The molecule has 27 heavy (non-hydrogen) atoms. The van der Waals surface area contributed by atoms with Crippen LogP contribution in [0.5, 0.6) is 11.6 Å². The second kappa shape index (κ2) is 7.50. The molecular formula is C19H13F4N3O. The van der Waals surface area contributed by atoms with Gasteiger partial charge in [-0.05, 0) is 18.6 Å². The topological polar surface area (TPSA) is 50.8 Å². The molecule has 0 N–H and O–H groups in total. The number of aryl methyl sites for hydroxylation is 1. The van der Waals surface area contributed by atoms with E-state index in [4.69, 9.17) is 10.00 Å². The molecule has 0 atom stereocenters. The van der Waals surface area contributed by atoms with Crippen molar-refractivity contribution in [2.75, 3.05) is 0 Å². The Hall–Kier alpha value is -3.34. The zero-order chi connectivity index (χ0) is 19.6. The molecule has 0 saturated heterocycles. The summed E-state index contributed by atoms with van der Waals surface area (Å²) in [4.78, 5) is 0. The van der Waals surface area contributed by atoms with Crippen LogP contribution < -0.4 is 4.74 Å². The van der Waals surface area contributed by atoms with E-state index >= 15 is 0 Å². The maximum absolute atomic E-state index is 14.2. The monoisotopic (exact) mass is 375 g/mol. The third-order valence-electron chi connectivity index (χ3n) is 3.78. The van der Waals surface area contributed by atoms with Crippen LogP contribution in [0.2, 0.25) is 0 Å². The number of benzene rings is 2. The highest BCUT2D eigenvalue weighted by molar-refractivity contribution is 5.43. The van der Waals surface area contributed by atoms with E-state index in [1.54, 1.807) is 30.3 Å². The predicted molar refractivity (Wildman–Crippen MR) is 88.6 cm³/mol. The molecule has 0 radical (unpaired) electrons. The van der Waals surface area contributed by atoms with E-state index in [-0.39, 0.29) is 5.88 Å². The van der Waals surface area contributed by atoms with Crippen LogP contribution in [0.3, 0.4) is 0 Å². The quantitative estimate of drug-likeness (QED) is 0.463. The Kier molecular flexibility index (Phi) is 5.12. The molecule has 1 aromatic heterocycles. The van der Waals surface area contributed by atoms with Gasteiger partial charge in [-0.3, -0.25) is 0 Å². The van der Waals surface area contributed by atoms with Gasteiger partial charge < -0.3 is 4.74 Å². The Morgan fingerprint density at radius 3 is 2.22 bits per heavy atom. The van der Waals surface area contributed by atoms with E-state index in [1.165, 1.54) is 10.7 Å². The first-order valence-electron chi connectivity index (χ1n) is 8.06. The summed E-state index contributed by atoms with van der Waals surface area (Å²) in [6.45, 7) is 1.92. The third kappa shape index (κ3) is 3.36. The summed E-state index contributed by atoms with van der Waals surface area (Å²) >= 11 is 0. The molecule has 8 heteroatoms. The van der Waals surface area contributed by atoms with Crippen molar-refractivity contribution in [2.45, 2.75) is 19.8 Å². The Labute approximate surface area is 152 Å². The number of halogens is 4.